The van der Waals surface area contributed by atoms with Crippen LogP contribution in [0, 0.1) is 0 Å². The van der Waals surface area contributed by atoms with Gasteiger partial charge in [-0.2, -0.15) is 0 Å². The first-order chi connectivity index (χ1) is 12.1. The predicted molar refractivity (Wildman–Crippen MR) is 106 cm³/mol. The summed E-state index contributed by atoms with van der Waals surface area (Å²) in [5.74, 6) is 1.15. The molecule has 0 spiro atoms. The SMILES string of the molecule is CC(C)c1ccccc1OCCNS(=O)(=O)c1ccc(C(C)(C)C)cc1. The number of rotatable bonds is 7. The van der Waals surface area contributed by atoms with Crippen LogP contribution in [0.1, 0.15) is 51.7 Å². The molecule has 0 unspecified atom stereocenters. The molecule has 2 aromatic rings. The van der Waals surface area contributed by atoms with Gasteiger partial charge in [-0.05, 0) is 40.7 Å². The van der Waals surface area contributed by atoms with Gasteiger partial charge in [0.2, 0.25) is 10.0 Å². The number of hydrogen-bond acceptors (Lipinski definition) is 3. The first-order valence-corrected chi connectivity index (χ1v) is 10.4. The van der Waals surface area contributed by atoms with Crippen molar-refractivity contribution in [2.24, 2.45) is 0 Å². The normalized spacial score (nSPS) is 12.4. The van der Waals surface area contributed by atoms with E-state index in [1.807, 2.05) is 36.4 Å². The van der Waals surface area contributed by atoms with Gasteiger partial charge < -0.3 is 4.74 Å². The van der Waals surface area contributed by atoms with E-state index in [4.69, 9.17) is 4.74 Å². The average molecular weight is 376 g/mol. The molecular weight excluding hydrogens is 346 g/mol. The molecule has 0 radical (unpaired) electrons. The van der Waals surface area contributed by atoms with Gasteiger partial charge >= 0.3 is 0 Å². The van der Waals surface area contributed by atoms with Crippen molar-refractivity contribution in [1.29, 1.82) is 0 Å². The van der Waals surface area contributed by atoms with Crippen LogP contribution in [0.15, 0.2) is 53.4 Å². The number of para-hydroxylation sites is 1. The van der Waals surface area contributed by atoms with Crippen molar-refractivity contribution >= 4 is 10.0 Å². The Morgan fingerprint density at radius 3 is 2.19 bits per heavy atom. The summed E-state index contributed by atoms with van der Waals surface area (Å²) in [6.45, 7) is 11.0. The zero-order chi connectivity index (χ0) is 19.4. The highest BCUT2D eigenvalue weighted by molar-refractivity contribution is 7.89. The first kappa shape index (κ1) is 20.5. The molecule has 142 valence electrons. The molecule has 5 heteroatoms. The predicted octanol–water partition coefficient (Wildman–Crippen LogP) is 4.46. The lowest BCUT2D eigenvalue weighted by Gasteiger charge is -2.19. The Hall–Kier alpha value is -1.85. The van der Waals surface area contributed by atoms with Crippen LogP contribution in [-0.2, 0) is 15.4 Å². The van der Waals surface area contributed by atoms with Crippen molar-refractivity contribution in [2.75, 3.05) is 13.2 Å². The highest BCUT2D eigenvalue weighted by atomic mass is 32.2. The smallest absolute Gasteiger partial charge is 0.240 e. The zero-order valence-corrected chi connectivity index (χ0v) is 17.1. The molecule has 0 amide bonds. The Balaban J connectivity index is 1.95. The summed E-state index contributed by atoms with van der Waals surface area (Å²) in [5.41, 5.74) is 2.21. The summed E-state index contributed by atoms with van der Waals surface area (Å²) in [5, 5.41) is 0. The molecule has 26 heavy (non-hydrogen) atoms. The van der Waals surface area contributed by atoms with E-state index in [2.05, 4.69) is 39.3 Å². The van der Waals surface area contributed by atoms with Crippen molar-refractivity contribution in [1.82, 2.24) is 4.72 Å². The van der Waals surface area contributed by atoms with Crippen LogP contribution in [0.3, 0.4) is 0 Å². The van der Waals surface area contributed by atoms with Crippen LogP contribution < -0.4 is 9.46 Å². The van der Waals surface area contributed by atoms with Crippen molar-refractivity contribution in [3.8, 4) is 5.75 Å². The lowest BCUT2D eigenvalue weighted by molar-refractivity contribution is 0.318. The Morgan fingerprint density at radius 1 is 1.00 bits per heavy atom. The molecule has 0 atom stereocenters. The van der Waals surface area contributed by atoms with Crippen molar-refractivity contribution in [3.63, 3.8) is 0 Å². The molecule has 0 aromatic heterocycles. The third kappa shape index (κ3) is 5.32. The fraction of sp³-hybridized carbons (Fsp3) is 0.429. The molecule has 2 aromatic carbocycles. The monoisotopic (exact) mass is 375 g/mol. The minimum absolute atomic E-state index is 0.00658. The number of ether oxygens (including phenoxy) is 1. The number of benzene rings is 2. The van der Waals surface area contributed by atoms with Gasteiger partial charge in [0.15, 0.2) is 0 Å². The van der Waals surface area contributed by atoms with E-state index in [0.717, 1.165) is 16.9 Å². The molecule has 0 aliphatic carbocycles. The summed E-state index contributed by atoms with van der Waals surface area (Å²) in [4.78, 5) is 0.271. The summed E-state index contributed by atoms with van der Waals surface area (Å²) in [6, 6.07) is 14.9. The Bertz CT molecular complexity index is 819. The highest BCUT2D eigenvalue weighted by Gasteiger charge is 2.17. The van der Waals surface area contributed by atoms with E-state index in [1.54, 1.807) is 12.1 Å². The third-order valence-corrected chi connectivity index (χ3v) is 5.70. The van der Waals surface area contributed by atoms with E-state index in [-0.39, 0.29) is 23.5 Å². The molecule has 0 aliphatic heterocycles. The van der Waals surface area contributed by atoms with Crippen LogP contribution in [0.4, 0.5) is 0 Å². The minimum atomic E-state index is -3.53. The van der Waals surface area contributed by atoms with Crippen LogP contribution in [0.25, 0.3) is 0 Å². The lowest BCUT2D eigenvalue weighted by Crippen LogP contribution is -2.28. The van der Waals surface area contributed by atoms with Crippen LogP contribution >= 0.6 is 0 Å². The third-order valence-electron chi connectivity index (χ3n) is 4.22. The fourth-order valence-electron chi connectivity index (χ4n) is 2.64. The van der Waals surface area contributed by atoms with E-state index in [1.165, 1.54) is 0 Å². The molecule has 0 saturated carbocycles. The molecule has 2 rings (SSSR count). The summed E-state index contributed by atoms with van der Waals surface area (Å²) in [6.07, 6.45) is 0. The number of nitrogens with one attached hydrogen (secondary N) is 1. The van der Waals surface area contributed by atoms with E-state index in [9.17, 15) is 8.42 Å². The maximum atomic E-state index is 12.4. The maximum Gasteiger partial charge on any atom is 0.240 e. The van der Waals surface area contributed by atoms with E-state index >= 15 is 0 Å². The molecule has 0 fully saturated rings. The molecule has 0 bridgehead atoms. The molecular formula is C21H29NO3S. The van der Waals surface area contributed by atoms with Gasteiger partial charge in [0.1, 0.15) is 12.4 Å². The zero-order valence-electron chi connectivity index (χ0n) is 16.2. The van der Waals surface area contributed by atoms with Gasteiger partial charge in [-0.1, -0.05) is 65.0 Å². The molecule has 0 heterocycles. The van der Waals surface area contributed by atoms with Crippen LogP contribution in [0.5, 0.6) is 5.75 Å². The summed E-state index contributed by atoms with van der Waals surface area (Å²) < 4.78 is 33.2. The van der Waals surface area contributed by atoms with Gasteiger partial charge in [0.25, 0.3) is 0 Å². The van der Waals surface area contributed by atoms with E-state index < -0.39 is 10.0 Å². The van der Waals surface area contributed by atoms with Gasteiger partial charge in [-0.15, -0.1) is 0 Å². The second-order valence-electron chi connectivity index (χ2n) is 7.71. The standard InChI is InChI=1S/C21H29NO3S/c1-16(2)19-8-6-7-9-20(19)25-15-14-22-26(23,24)18-12-10-17(11-13-18)21(3,4)5/h6-13,16,22H,14-15H2,1-5H3. The highest BCUT2D eigenvalue weighted by Crippen LogP contribution is 2.26. The Labute approximate surface area is 157 Å². The van der Waals surface area contributed by atoms with Crippen molar-refractivity contribution < 1.29 is 13.2 Å². The van der Waals surface area contributed by atoms with Gasteiger partial charge in [0.05, 0.1) is 4.90 Å². The quantitative estimate of drug-likeness (QED) is 0.727. The average Bonchev–Trinajstić information content (AvgIpc) is 2.58. The molecule has 0 aliphatic rings. The van der Waals surface area contributed by atoms with E-state index in [0.29, 0.717) is 5.92 Å². The second-order valence-corrected chi connectivity index (χ2v) is 9.48. The van der Waals surface area contributed by atoms with Crippen LogP contribution in [0.2, 0.25) is 0 Å². The first-order valence-electron chi connectivity index (χ1n) is 8.93. The Morgan fingerprint density at radius 2 is 1.62 bits per heavy atom. The fourth-order valence-corrected chi connectivity index (χ4v) is 3.66. The number of hydrogen-bond donors (Lipinski definition) is 1. The summed E-state index contributed by atoms with van der Waals surface area (Å²) >= 11 is 0. The number of sulfonamides is 1. The summed E-state index contributed by atoms with van der Waals surface area (Å²) in [7, 11) is -3.53. The second kappa shape index (κ2) is 8.23. The van der Waals surface area contributed by atoms with Crippen molar-refractivity contribution in [3.05, 3.63) is 59.7 Å². The molecule has 1 N–H and O–H groups in total. The minimum Gasteiger partial charge on any atom is -0.492 e. The van der Waals surface area contributed by atoms with Crippen LogP contribution in [-0.4, -0.2) is 21.6 Å². The van der Waals surface area contributed by atoms with Gasteiger partial charge in [-0.25, -0.2) is 13.1 Å². The largest absolute Gasteiger partial charge is 0.492 e. The van der Waals surface area contributed by atoms with Gasteiger partial charge in [-0.3, -0.25) is 0 Å². The molecule has 0 saturated heterocycles. The lowest BCUT2D eigenvalue weighted by atomic mass is 9.87. The van der Waals surface area contributed by atoms with Gasteiger partial charge in [0, 0.05) is 6.54 Å². The van der Waals surface area contributed by atoms with Crippen molar-refractivity contribution in [2.45, 2.75) is 50.8 Å². The Kier molecular flexibility index (Phi) is 6.48. The maximum absolute atomic E-state index is 12.4. The molecule has 4 nitrogen and oxygen atoms in total. The topological polar surface area (TPSA) is 55.4 Å².